The van der Waals surface area contributed by atoms with E-state index in [9.17, 15) is 4.79 Å². The summed E-state index contributed by atoms with van der Waals surface area (Å²) < 4.78 is 5.30. The highest BCUT2D eigenvalue weighted by molar-refractivity contribution is 5.68. The maximum atomic E-state index is 11.8. The van der Waals surface area contributed by atoms with Crippen molar-refractivity contribution in [1.82, 2.24) is 4.90 Å². The van der Waals surface area contributed by atoms with Crippen LogP contribution in [-0.4, -0.2) is 29.2 Å². The highest BCUT2D eigenvalue weighted by atomic mass is 16.6. The Bertz CT molecular complexity index is 281. The molecule has 0 aliphatic heterocycles. The second-order valence-electron chi connectivity index (χ2n) is 5.56. The highest BCUT2D eigenvalue weighted by Crippen LogP contribution is 2.21. The summed E-state index contributed by atoms with van der Waals surface area (Å²) in [6.07, 6.45) is 6.33. The molecule has 3 nitrogen and oxygen atoms in total. The Hall–Kier alpha value is -1.17. The number of rotatable bonds is 3. The summed E-state index contributed by atoms with van der Waals surface area (Å²) in [6.45, 7) is 9.52. The molecule has 0 bridgehead atoms. The summed E-state index contributed by atoms with van der Waals surface area (Å²) in [5, 5.41) is 0. The lowest BCUT2D eigenvalue weighted by Crippen LogP contribution is -2.47. The molecule has 0 aliphatic carbocycles. The van der Waals surface area contributed by atoms with Gasteiger partial charge in [-0.25, -0.2) is 4.79 Å². The third kappa shape index (κ3) is 5.06. The van der Waals surface area contributed by atoms with Crippen molar-refractivity contribution in [1.29, 1.82) is 0 Å². The van der Waals surface area contributed by atoms with Crippen LogP contribution in [0.15, 0.2) is 0 Å². The van der Waals surface area contributed by atoms with Gasteiger partial charge in [0.25, 0.3) is 0 Å². The zero-order chi connectivity index (χ0) is 13.0. The highest BCUT2D eigenvalue weighted by Gasteiger charge is 2.30. The van der Waals surface area contributed by atoms with Crippen molar-refractivity contribution < 1.29 is 9.53 Å². The molecular formula is C13H23NO2. The number of hydrogen-bond acceptors (Lipinski definition) is 2. The number of carbonyl (C=O) groups excluding carboxylic acids is 1. The number of terminal acetylenes is 1. The maximum Gasteiger partial charge on any atom is 0.410 e. The first-order valence-corrected chi connectivity index (χ1v) is 5.50. The summed E-state index contributed by atoms with van der Waals surface area (Å²) in [5.74, 6) is 2.59. The summed E-state index contributed by atoms with van der Waals surface area (Å²) in [7, 11) is 1.74. The summed E-state index contributed by atoms with van der Waals surface area (Å²) in [4.78, 5) is 13.4. The first-order chi connectivity index (χ1) is 7.10. The third-order valence-corrected chi connectivity index (χ3v) is 2.46. The van der Waals surface area contributed by atoms with Gasteiger partial charge in [-0.1, -0.05) is 0 Å². The predicted molar refractivity (Wildman–Crippen MR) is 66.1 cm³/mol. The first-order valence-electron chi connectivity index (χ1n) is 5.50. The molecule has 0 saturated carbocycles. The minimum Gasteiger partial charge on any atom is -0.444 e. The van der Waals surface area contributed by atoms with Crippen LogP contribution in [0, 0.1) is 12.3 Å². The SMILES string of the molecule is C#CCCC(C)(C)N(C)C(=O)OC(C)(C)C. The number of ether oxygens (including phenoxy) is 1. The molecule has 0 N–H and O–H groups in total. The molecule has 0 aromatic rings. The van der Waals surface area contributed by atoms with Gasteiger partial charge < -0.3 is 9.64 Å². The third-order valence-electron chi connectivity index (χ3n) is 2.46. The fraction of sp³-hybridized carbons (Fsp3) is 0.769. The van der Waals surface area contributed by atoms with Crippen LogP contribution >= 0.6 is 0 Å². The van der Waals surface area contributed by atoms with Gasteiger partial charge in [0.05, 0.1) is 0 Å². The summed E-state index contributed by atoms with van der Waals surface area (Å²) in [5.41, 5.74) is -0.748. The molecule has 0 rings (SSSR count). The zero-order valence-electron chi connectivity index (χ0n) is 11.3. The molecule has 0 fully saturated rings. The topological polar surface area (TPSA) is 29.5 Å². The Morgan fingerprint density at radius 2 is 1.81 bits per heavy atom. The molecule has 0 unspecified atom stereocenters. The molecule has 0 atom stereocenters. The molecule has 0 radical (unpaired) electrons. The molecular weight excluding hydrogens is 202 g/mol. The van der Waals surface area contributed by atoms with Crippen molar-refractivity contribution in [3.05, 3.63) is 0 Å². The molecule has 0 aliphatic rings. The lowest BCUT2D eigenvalue weighted by atomic mass is 9.97. The first kappa shape index (κ1) is 14.8. The van der Waals surface area contributed by atoms with Crippen LogP contribution in [0.2, 0.25) is 0 Å². The fourth-order valence-electron chi connectivity index (χ4n) is 1.12. The standard InChI is InChI=1S/C13H23NO2/c1-8-9-10-13(5,6)14(7)11(15)16-12(2,3)4/h1H,9-10H2,2-7H3. The Morgan fingerprint density at radius 1 is 1.31 bits per heavy atom. The predicted octanol–water partition coefficient (Wildman–Crippen LogP) is 3.05. The average Bonchev–Trinajstić information content (AvgIpc) is 2.10. The average molecular weight is 225 g/mol. The van der Waals surface area contributed by atoms with Crippen molar-refractivity contribution in [3.8, 4) is 12.3 Å². The Kier molecular flexibility index (Phi) is 4.86. The second kappa shape index (κ2) is 5.25. The molecule has 0 heterocycles. The lowest BCUT2D eigenvalue weighted by Gasteiger charge is -2.36. The molecule has 3 heteroatoms. The number of hydrogen-bond donors (Lipinski definition) is 0. The van der Waals surface area contributed by atoms with Crippen LogP contribution in [0.4, 0.5) is 4.79 Å². The van der Waals surface area contributed by atoms with Gasteiger partial charge in [0.15, 0.2) is 0 Å². The Balaban J connectivity index is 4.48. The minimum atomic E-state index is -0.465. The molecule has 1 amide bonds. The Morgan fingerprint density at radius 3 is 2.19 bits per heavy atom. The maximum absolute atomic E-state index is 11.8. The summed E-state index contributed by atoms with van der Waals surface area (Å²) in [6, 6.07) is 0. The minimum absolute atomic E-state index is 0.283. The monoisotopic (exact) mass is 225 g/mol. The van der Waals surface area contributed by atoms with Crippen LogP contribution in [0.25, 0.3) is 0 Å². The van der Waals surface area contributed by atoms with Crippen LogP contribution in [0.3, 0.4) is 0 Å². The van der Waals surface area contributed by atoms with Gasteiger partial charge >= 0.3 is 6.09 Å². The molecule has 0 saturated heterocycles. The molecule has 0 aromatic carbocycles. The van der Waals surface area contributed by atoms with E-state index in [0.717, 1.165) is 6.42 Å². The van der Waals surface area contributed by atoms with Crippen LogP contribution in [0.1, 0.15) is 47.5 Å². The van der Waals surface area contributed by atoms with Crippen molar-refractivity contribution in [3.63, 3.8) is 0 Å². The number of carbonyl (C=O) groups is 1. The molecule has 0 spiro atoms. The molecule has 16 heavy (non-hydrogen) atoms. The van der Waals surface area contributed by atoms with Gasteiger partial charge in [0.2, 0.25) is 0 Å². The van der Waals surface area contributed by atoms with E-state index in [-0.39, 0.29) is 11.6 Å². The van der Waals surface area contributed by atoms with Gasteiger partial charge in [-0.15, -0.1) is 12.3 Å². The van der Waals surface area contributed by atoms with E-state index in [1.54, 1.807) is 11.9 Å². The van der Waals surface area contributed by atoms with Gasteiger partial charge in [-0.2, -0.15) is 0 Å². The van der Waals surface area contributed by atoms with Crippen LogP contribution in [0.5, 0.6) is 0 Å². The largest absolute Gasteiger partial charge is 0.444 e. The van der Waals surface area contributed by atoms with E-state index < -0.39 is 5.60 Å². The summed E-state index contributed by atoms with van der Waals surface area (Å²) >= 11 is 0. The fourth-order valence-corrected chi connectivity index (χ4v) is 1.12. The van der Waals surface area contributed by atoms with Crippen molar-refractivity contribution in [2.24, 2.45) is 0 Å². The quantitative estimate of drug-likeness (QED) is 0.691. The molecule has 92 valence electrons. The van der Waals surface area contributed by atoms with Gasteiger partial charge in [0.1, 0.15) is 5.60 Å². The smallest absolute Gasteiger partial charge is 0.410 e. The van der Waals surface area contributed by atoms with E-state index >= 15 is 0 Å². The zero-order valence-corrected chi connectivity index (χ0v) is 11.3. The number of nitrogens with zero attached hydrogens (tertiary/aromatic N) is 1. The second-order valence-corrected chi connectivity index (χ2v) is 5.56. The normalized spacial score (nSPS) is 11.8. The lowest BCUT2D eigenvalue weighted by molar-refractivity contribution is 0.0100. The van der Waals surface area contributed by atoms with Crippen LogP contribution in [-0.2, 0) is 4.74 Å². The van der Waals surface area contributed by atoms with E-state index in [0.29, 0.717) is 6.42 Å². The van der Waals surface area contributed by atoms with E-state index in [1.807, 2.05) is 34.6 Å². The van der Waals surface area contributed by atoms with Crippen molar-refractivity contribution in [2.45, 2.75) is 58.6 Å². The van der Waals surface area contributed by atoms with Gasteiger partial charge in [-0.05, 0) is 41.0 Å². The van der Waals surface area contributed by atoms with Gasteiger partial charge in [-0.3, -0.25) is 0 Å². The van der Waals surface area contributed by atoms with E-state index in [1.165, 1.54) is 0 Å². The van der Waals surface area contributed by atoms with Crippen LogP contribution < -0.4 is 0 Å². The molecule has 0 aromatic heterocycles. The van der Waals surface area contributed by atoms with Gasteiger partial charge in [0, 0.05) is 19.0 Å². The van der Waals surface area contributed by atoms with Crippen molar-refractivity contribution in [2.75, 3.05) is 7.05 Å². The number of amides is 1. The van der Waals surface area contributed by atoms with E-state index in [2.05, 4.69) is 5.92 Å². The van der Waals surface area contributed by atoms with E-state index in [4.69, 9.17) is 11.2 Å². The van der Waals surface area contributed by atoms with Crippen molar-refractivity contribution >= 4 is 6.09 Å². The Labute approximate surface area is 99.2 Å².